The Bertz CT molecular complexity index is 792. The lowest BCUT2D eigenvalue weighted by molar-refractivity contribution is -0.132. The van der Waals surface area contributed by atoms with Crippen molar-refractivity contribution in [1.82, 2.24) is 9.80 Å². The third-order valence-corrected chi connectivity index (χ3v) is 5.41. The second kappa shape index (κ2) is 7.35. The Labute approximate surface area is 153 Å². The molecule has 2 atom stereocenters. The highest BCUT2D eigenvalue weighted by Gasteiger charge is 2.47. The van der Waals surface area contributed by atoms with Gasteiger partial charge >= 0.3 is 0 Å². The molecule has 2 fully saturated rings. The molecule has 0 bridgehead atoms. The van der Waals surface area contributed by atoms with E-state index in [0.717, 1.165) is 51.3 Å². The number of hydrogen-bond acceptors (Lipinski definition) is 4. The second-order valence-electron chi connectivity index (χ2n) is 7.23. The van der Waals surface area contributed by atoms with Crippen molar-refractivity contribution in [2.45, 2.75) is 25.3 Å². The van der Waals surface area contributed by atoms with E-state index < -0.39 is 0 Å². The third-order valence-electron chi connectivity index (χ3n) is 5.41. The van der Waals surface area contributed by atoms with Crippen LogP contribution in [0, 0.1) is 17.2 Å². The number of benzene rings is 1. The van der Waals surface area contributed by atoms with E-state index in [9.17, 15) is 4.79 Å². The fourth-order valence-electron chi connectivity index (χ4n) is 3.81. The molecule has 5 heteroatoms. The Balaban J connectivity index is 1.30. The molecule has 2 aliphatic rings. The molecule has 0 unspecified atom stereocenters. The molecule has 1 aliphatic carbocycles. The fourth-order valence-corrected chi connectivity index (χ4v) is 3.81. The van der Waals surface area contributed by atoms with E-state index in [1.165, 1.54) is 5.56 Å². The summed E-state index contributed by atoms with van der Waals surface area (Å²) in [6, 6.07) is 13.8. The van der Waals surface area contributed by atoms with E-state index in [1.807, 2.05) is 41.3 Å². The topological polar surface area (TPSA) is 60.5 Å². The highest BCUT2D eigenvalue weighted by molar-refractivity contribution is 5.82. The summed E-state index contributed by atoms with van der Waals surface area (Å²) < 4.78 is 5.45. The maximum absolute atomic E-state index is 12.8. The number of furan rings is 1. The normalized spacial score (nSPS) is 23.3. The quantitative estimate of drug-likeness (QED) is 0.851. The summed E-state index contributed by atoms with van der Waals surface area (Å²) in [4.78, 5) is 17.2. The minimum atomic E-state index is 0.103. The van der Waals surface area contributed by atoms with Crippen LogP contribution in [-0.2, 0) is 11.3 Å². The van der Waals surface area contributed by atoms with Gasteiger partial charge in [-0.15, -0.1) is 0 Å². The van der Waals surface area contributed by atoms with Crippen LogP contribution in [0.25, 0.3) is 0 Å². The van der Waals surface area contributed by atoms with Crippen molar-refractivity contribution in [1.29, 1.82) is 5.26 Å². The first-order chi connectivity index (χ1) is 12.7. The largest absolute Gasteiger partial charge is 0.469 e. The summed E-state index contributed by atoms with van der Waals surface area (Å²) in [5.74, 6) is 1.61. The standard InChI is InChI=1S/C21H23N3O2/c22-14-16-4-6-17(7-5-16)15-23-8-2-9-24(11-10-23)21(25)19-13-18(19)20-3-1-12-26-20/h1,3-7,12,18-19H,2,8-11,13,15H2/t18-,19+/m1/s1. The van der Waals surface area contributed by atoms with Crippen LogP contribution in [0.15, 0.2) is 47.1 Å². The van der Waals surface area contributed by atoms with Crippen molar-refractivity contribution in [2.24, 2.45) is 5.92 Å². The molecule has 0 N–H and O–H groups in total. The van der Waals surface area contributed by atoms with Crippen LogP contribution in [0.3, 0.4) is 0 Å². The highest BCUT2D eigenvalue weighted by atomic mass is 16.3. The lowest BCUT2D eigenvalue weighted by Gasteiger charge is -2.22. The molecule has 1 aromatic heterocycles. The van der Waals surface area contributed by atoms with Crippen molar-refractivity contribution in [3.05, 3.63) is 59.5 Å². The third kappa shape index (κ3) is 3.66. The van der Waals surface area contributed by atoms with Gasteiger partial charge in [0.05, 0.1) is 17.9 Å². The molecule has 1 saturated carbocycles. The maximum atomic E-state index is 12.8. The summed E-state index contributed by atoms with van der Waals surface area (Å²) in [5.41, 5.74) is 1.90. The summed E-state index contributed by atoms with van der Waals surface area (Å²) in [7, 11) is 0. The van der Waals surface area contributed by atoms with E-state index in [1.54, 1.807) is 6.26 Å². The van der Waals surface area contributed by atoms with Crippen molar-refractivity contribution in [3.8, 4) is 6.07 Å². The van der Waals surface area contributed by atoms with Crippen LogP contribution >= 0.6 is 0 Å². The van der Waals surface area contributed by atoms with Gasteiger partial charge in [-0.3, -0.25) is 9.69 Å². The van der Waals surface area contributed by atoms with Gasteiger partial charge in [0.15, 0.2) is 0 Å². The van der Waals surface area contributed by atoms with Gasteiger partial charge in [0.2, 0.25) is 5.91 Å². The summed E-state index contributed by atoms with van der Waals surface area (Å²) in [5, 5.41) is 8.89. The molecule has 0 radical (unpaired) electrons. The Morgan fingerprint density at radius 2 is 2.00 bits per heavy atom. The Kier molecular flexibility index (Phi) is 4.77. The van der Waals surface area contributed by atoms with E-state index in [4.69, 9.17) is 9.68 Å². The molecule has 134 valence electrons. The molecule has 2 aromatic rings. The van der Waals surface area contributed by atoms with Crippen molar-refractivity contribution in [3.63, 3.8) is 0 Å². The maximum Gasteiger partial charge on any atom is 0.226 e. The van der Waals surface area contributed by atoms with Gasteiger partial charge in [-0.05, 0) is 42.7 Å². The first-order valence-electron chi connectivity index (χ1n) is 9.28. The van der Waals surface area contributed by atoms with Gasteiger partial charge in [-0.2, -0.15) is 5.26 Å². The van der Waals surface area contributed by atoms with Gasteiger partial charge in [-0.1, -0.05) is 12.1 Å². The van der Waals surface area contributed by atoms with E-state index in [2.05, 4.69) is 11.0 Å². The van der Waals surface area contributed by atoms with E-state index in [-0.39, 0.29) is 17.7 Å². The van der Waals surface area contributed by atoms with E-state index in [0.29, 0.717) is 5.56 Å². The number of hydrogen-bond donors (Lipinski definition) is 0. The molecule has 0 spiro atoms. The second-order valence-corrected chi connectivity index (χ2v) is 7.23. The van der Waals surface area contributed by atoms with Crippen LogP contribution in [-0.4, -0.2) is 41.9 Å². The van der Waals surface area contributed by atoms with Crippen LogP contribution in [0.2, 0.25) is 0 Å². The average molecular weight is 349 g/mol. The van der Waals surface area contributed by atoms with E-state index >= 15 is 0 Å². The average Bonchev–Trinajstić information content (AvgIpc) is 3.35. The monoisotopic (exact) mass is 349 g/mol. The molecule has 5 nitrogen and oxygen atoms in total. The molecule has 1 aromatic carbocycles. The minimum Gasteiger partial charge on any atom is -0.469 e. The molecule has 1 aliphatic heterocycles. The number of nitriles is 1. The van der Waals surface area contributed by atoms with Gasteiger partial charge < -0.3 is 9.32 Å². The highest BCUT2D eigenvalue weighted by Crippen LogP contribution is 2.48. The van der Waals surface area contributed by atoms with Gasteiger partial charge in [0, 0.05) is 44.6 Å². The predicted molar refractivity (Wildman–Crippen MR) is 97.2 cm³/mol. The number of nitrogens with zero attached hydrogens (tertiary/aromatic N) is 3. The zero-order chi connectivity index (χ0) is 17.9. The molecule has 1 saturated heterocycles. The minimum absolute atomic E-state index is 0.103. The van der Waals surface area contributed by atoms with Crippen LogP contribution in [0.4, 0.5) is 0 Å². The van der Waals surface area contributed by atoms with Crippen LogP contribution < -0.4 is 0 Å². The Hall–Kier alpha value is -2.58. The zero-order valence-corrected chi connectivity index (χ0v) is 14.8. The number of carbonyl (C=O) groups excluding carboxylic acids is 1. The van der Waals surface area contributed by atoms with Crippen LogP contribution in [0.1, 0.15) is 35.6 Å². The van der Waals surface area contributed by atoms with Crippen molar-refractivity contribution < 1.29 is 9.21 Å². The number of rotatable bonds is 4. The molecular formula is C21H23N3O2. The SMILES string of the molecule is N#Cc1ccc(CN2CCCN(C(=O)[C@H]3C[C@H]3c3ccco3)CC2)cc1. The first-order valence-corrected chi connectivity index (χ1v) is 9.28. The smallest absolute Gasteiger partial charge is 0.226 e. The lowest BCUT2D eigenvalue weighted by Crippen LogP contribution is -2.36. The van der Waals surface area contributed by atoms with Gasteiger partial charge in [0.25, 0.3) is 0 Å². The molecule has 2 heterocycles. The number of amides is 1. The van der Waals surface area contributed by atoms with Gasteiger partial charge in [0.1, 0.15) is 5.76 Å². The molecule has 1 amide bonds. The van der Waals surface area contributed by atoms with Crippen molar-refractivity contribution >= 4 is 5.91 Å². The van der Waals surface area contributed by atoms with Gasteiger partial charge in [-0.25, -0.2) is 0 Å². The molecular weight excluding hydrogens is 326 g/mol. The summed E-state index contributed by atoms with van der Waals surface area (Å²) >= 11 is 0. The summed E-state index contributed by atoms with van der Waals surface area (Å²) in [6.45, 7) is 4.38. The van der Waals surface area contributed by atoms with Crippen LogP contribution in [0.5, 0.6) is 0 Å². The lowest BCUT2D eigenvalue weighted by atomic mass is 10.1. The Morgan fingerprint density at radius 3 is 2.73 bits per heavy atom. The first kappa shape index (κ1) is 16.9. The molecule has 4 rings (SSSR count). The number of carbonyl (C=O) groups is 1. The Morgan fingerprint density at radius 1 is 1.15 bits per heavy atom. The van der Waals surface area contributed by atoms with Crippen molar-refractivity contribution in [2.75, 3.05) is 26.2 Å². The zero-order valence-electron chi connectivity index (χ0n) is 14.8. The predicted octanol–water partition coefficient (Wildman–Crippen LogP) is 2.99. The summed E-state index contributed by atoms with van der Waals surface area (Å²) in [6.07, 6.45) is 3.60. The molecule has 26 heavy (non-hydrogen) atoms. The fraction of sp³-hybridized carbons (Fsp3) is 0.429.